The zero-order chi connectivity index (χ0) is 27.3. The van der Waals surface area contributed by atoms with Crippen LogP contribution in [0.15, 0.2) is 82.5 Å². The molecule has 0 radical (unpaired) electrons. The van der Waals surface area contributed by atoms with E-state index in [1.54, 1.807) is 7.11 Å². The van der Waals surface area contributed by atoms with Crippen LogP contribution in [0, 0.1) is 0 Å². The molecule has 9 nitrogen and oxygen atoms in total. The zero-order valence-corrected chi connectivity index (χ0v) is 23.0. The standard InChI is InChI=1S/C28H34N2O7Si/c1-28(2,3)38(20-11-7-5-8-12-20,21-13-9-6-10-14-21)37-24-22(19-31)36-26(25(24)35-18-17-34-4)30-16-15-23(32)29-27(30)33/h5-16,19,22,24-26H,17-18H2,1-4H3,(H,29,32,33)/t22-,24-,25-,26-/m1/s1. The van der Waals surface area contributed by atoms with Gasteiger partial charge in [0.25, 0.3) is 13.9 Å². The summed E-state index contributed by atoms with van der Waals surface area (Å²) in [5.41, 5.74) is -1.20. The van der Waals surface area contributed by atoms with E-state index in [4.69, 9.17) is 18.6 Å². The number of benzene rings is 2. The molecule has 3 aromatic rings. The maximum atomic E-state index is 12.7. The van der Waals surface area contributed by atoms with Gasteiger partial charge in [0.15, 0.2) is 12.5 Å². The molecule has 0 bridgehead atoms. The van der Waals surface area contributed by atoms with Crippen LogP contribution in [-0.4, -0.2) is 62.8 Å². The van der Waals surface area contributed by atoms with Crippen LogP contribution in [0.2, 0.25) is 5.04 Å². The van der Waals surface area contributed by atoms with Crippen LogP contribution in [0.5, 0.6) is 0 Å². The lowest BCUT2D eigenvalue weighted by molar-refractivity contribution is -0.122. The average Bonchev–Trinajstić information content (AvgIpc) is 3.24. The Morgan fingerprint density at radius 2 is 1.55 bits per heavy atom. The molecule has 1 N–H and O–H groups in total. The largest absolute Gasteiger partial charge is 0.398 e. The molecule has 2 aromatic carbocycles. The molecule has 1 saturated heterocycles. The Hall–Kier alpha value is -3.15. The molecule has 0 aliphatic carbocycles. The molecule has 10 heteroatoms. The molecule has 0 amide bonds. The fraction of sp³-hybridized carbons (Fsp3) is 0.393. The van der Waals surface area contributed by atoms with E-state index in [0.29, 0.717) is 12.9 Å². The lowest BCUT2D eigenvalue weighted by Crippen LogP contribution is -2.69. The van der Waals surface area contributed by atoms with Gasteiger partial charge in [0.2, 0.25) is 0 Å². The fourth-order valence-electron chi connectivity index (χ4n) is 5.10. The molecule has 1 aliphatic rings. The smallest absolute Gasteiger partial charge is 0.330 e. The van der Waals surface area contributed by atoms with Gasteiger partial charge in [-0.1, -0.05) is 81.4 Å². The van der Waals surface area contributed by atoms with Crippen LogP contribution in [-0.2, 0) is 23.4 Å². The zero-order valence-electron chi connectivity index (χ0n) is 22.0. The minimum Gasteiger partial charge on any atom is -0.398 e. The van der Waals surface area contributed by atoms with Crippen molar-refractivity contribution in [2.75, 3.05) is 20.3 Å². The van der Waals surface area contributed by atoms with E-state index in [1.165, 1.54) is 16.8 Å². The number of hydrogen-bond donors (Lipinski definition) is 1. The molecule has 38 heavy (non-hydrogen) atoms. The van der Waals surface area contributed by atoms with Crippen molar-refractivity contribution in [1.29, 1.82) is 0 Å². The number of H-pyrrole nitrogens is 1. The summed E-state index contributed by atoms with van der Waals surface area (Å²) in [6.07, 6.45) is -1.69. The maximum Gasteiger partial charge on any atom is 0.330 e. The Morgan fingerprint density at radius 3 is 2.05 bits per heavy atom. The average molecular weight is 539 g/mol. The second-order valence-corrected chi connectivity index (χ2v) is 14.5. The third-order valence-electron chi connectivity index (χ3n) is 6.81. The highest BCUT2D eigenvalue weighted by Gasteiger charge is 2.57. The number of aromatic nitrogens is 2. The van der Waals surface area contributed by atoms with E-state index < -0.39 is 44.1 Å². The number of rotatable bonds is 10. The summed E-state index contributed by atoms with van der Waals surface area (Å²) < 4.78 is 25.9. The number of ether oxygens (including phenoxy) is 3. The predicted molar refractivity (Wildman–Crippen MR) is 145 cm³/mol. The molecule has 1 fully saturated rings. The molecule has 4 rings (SSSR count). The molecular formula is C28H34N2O7Si. The SMILES string of the molecule is COCCO[C@@H]1[C@H](O[Si](c2ccccc2)(c2ccccc2)C(C)(C)C)[C@@H](C=O)O[C@H]1n1ccc(=O)[nH]c1=O. The van der Waals surface area contributed by atoms with Gasteiger partial charge in [-0.3, -0.25) is 14.3 Å². The van der Waals surface area contributed by atoms with Crippen LogP contribution < -0.4 is 21.6 Å². The topological polar surface area (TPSA) is 109 Å². The van der Waals surface area contributed by atoms with E-state index in [0.717, 1.165) is 10.4 Å². The molecule has 0 saturated carbocycles. The summed E-state index contributed by atoms with van der Waals surface area (Å²) in [4.78, 5) is 39.1. The van der Waals surface area contributed by atoms with Gasteiger partial charge in [-0.05, 0) is 15.4 Å². The monoisotopic (exact) mass is 538 g/mol. The van der Waals surface area contributed by atoms with Crippen molar-refractivity contribution < 1.29 is 23.4 Å². The third kappa shape index (κ3) is 5.36. The third-order valence-corrected chi connectivity index (χ3v) is 11.8. The van der Waals surface area contributed by atoms with E-state index >= 15 is 0 Å². The first-order chi connectivity index (χ1) is 18.2. The molecular weight excluding hydrogens is 504 g/mol. The van der Waals surface area contributed by atoms with Gasteiger partial charge in [0.1, 0.15) is 18.3 Å². The summed E-state index contributed by atoms with van der Waals surface area (Å²) in [7, 11) is -1.55. The molecule has 2 heterocycles. The number of carbonyl (C=O) groups excluding carboxylic acids is 1. The number of carbonyl (C=O) groups is 1. The quantitative estimate of drug-likeness (QED) is 0.237. The van der Waals surface area contributed by atoms with Crippen LogP contribution in [0.1, 0.15) is 27.0 Å². The maximum absolute atomic E-state index is 12.7. The van der Waals surface area contributed by atoms with Crippen LogP contribution in [0.4, 0.5) is 0 Å². The van der Waals surface area contributed by atoms with Crippen LogP contribution >= 0.6 is 0 Å². The van der Waals surface area contributed by atoms with Gasteiger partial charge in [0.05, 0.1) is 13.2 Å². The first-order valence-electron chi connectivity index (χ1n) is 12.5. The molecule has 1 aliphatic heterocycles. The van der Waals surface area contributed by atoms with Crippen LogP contribution in [0.3, 0.4) is 0 Å². The number of nitrogens with zero attached hydrogens (tertiary/aromatic N) is 1. The highest BCUT2D eigenvalue weighted by atomic mass is 28.4. The van der Waals surface area contributed by atoms with Crippen LogP contribution in [0.25, 0.3) is 0 Å². The van der Waals surface area contributed by atoms with E-state index in [1.807, 2.05) is 36.4 Å². The molecule has 0 spiro atoms. The van der Waals surface area contributed by atoms with Gasteiger partial charge in [-0.25, -0.2) is 4.79 Å². The number of methoxy groups -OCH3 is 1. The lowest BCUT2D eigenvalue weighted by atomic mass is 10.1. The Morgan fingerprint density at radius 1 is 0.947 bits per heavy atom. The minimum atomic E-state index is -3.11. The Bertz CT molecular complexity index is 1280. The normalized spacial score (nSPS) is 21.9. The van der Waals surface area contributed by atoms with Crippen molar-refractivity contribution in [3.63, 3.8) is 0 Å². The van der Waals surface area contributed by atoms with Gasteiger partial charge < -0.3 is 23.4 Å². The van der Waals surface area contributed by atoms with Gasteiger partial charge >= 0.3 is 5.69 Å². The number of aldehydes is 1. The highest BCUT2D eigenvalue weighted by Crippen LogP contribution is 2.41. The summed E-state index contributed by atoms with van der Waals surface area (Å²) in [5, 5.41) is 1.69. The molecule has 202 valence electrons. The molecule has 0 unspecified atom stereocenters. The van der Waals surface area contributed by atoms with Crippen molar-refractivity contribution in [3.8, 4) is 0 Å². The minimum absolute atomic E-state index is 0.186. The Balaban J connectivity index is 1.88. The second-order valence-electron chi connectivity index (χ2n) is 10.2. The van der Waals surface area contributed by atoms with Crippen molar-refractivity contribution in [3.05, 3.63) is 93.8 Å². The van der Waals surface area contributed by atoms with Gasteiger partial charge in [-0.2, -0.15) is 0 Å². The van der Waals surface area contributed by atoms with Gasteiger partial charge in [-0.15, -0.1) is 0 Å². The fourth-order valence-corrected chi connectivity index (χ4v) is 9.79. The number of hydrogen-bond acceptors (Lipinski definition) is 7. The van der Waals surface area contributed by atoms with Crippen molar-refractivity contribution in [1.82, 2.24) is 9.55 Å². The number of aromatic amines is 1. The van der Waals surface area contributed by atoms with E-state index in [2.05, 4.69) is 50.0 Å². The highest BCUT2D eigenvalue weighted by molar-refractivity contribution is 6.99. The number of nitrogens with one attached hydrogen (secondary N) is 1. The lowest BCUT2D eigenvalue weighted by Gasteiger charge is -2.45. The predicted octanol–water partition coefficient (Wildman–Crippen LogP) is 1.61. The van der Waals surface area contributed by atoms with Crippen molar-refractivity contribution >= 4 is 25.0 Å². The summed E-state index contributed by atoms with van der Waals surface area (Å²) in [6.45, 7) is 6.88. The molecule has 1 aromatic heterocycles. The Kier molecular flexibility index (Phi) is 8.59. The first kappa shape index (κ1) is 27.9. The molecule has 4 atom stereocenters. The van der Waals surface area contributed by atoms with E-state index in [9.17, 15) is 14.4 Å². The van der Waals surface area contributed by atoms with Gasteiger partial charge in [0, 0.05) is 19.4 Å². The first-order valence-corrected chi connectivity index (χ1v) is 14.5. The second kappa shape index (κ2) is 11.7. The summed E-state index contributed by atoms with van der Waals surface area (Å²) in [5.74, 6) is 0. The van der Waals surface area contributed by atoms with Crippen molar-refractivity contribution in [2.24, 2.45) is 0 Å². The summed E-state index contributed by atoms with van der Waals surface area (Å²) >= 11 is 0. The Labute approximate surface area is 222 Å². The summed E-state index contributed by atoms with van der Waals surface area (Å²) in [6, 6.07) is 21.3. The van der Waals surface area contributed by atoms with Crippen molar-refractivity contribution in [2.45, 2.75) is 50.3 Å². The van der Waals surface area contributed by atoms with E-state index in [-0.39, 0.29) is 11.6 Å².